The van der Waals surface area contributed by atoms with Gasteiger partial charge in [0.1, 0.15) is 11.9 Å². The Morgan fingerprint density at radius 3 is 2.72 bits per heavy atom. The van der Waals surface area contributed by atoms with Crippen molar-refractivity contribution >= 4 is 17.6 Å². The summed E-state index contributed by atoms with van der Waals surface area (Å²) >= 11 is 0. The molecule has 172 valence electrons. The summed E-state index contributed by atoms with van der Waals surface area (Å²) < 4.78 is 10.7. The van der Waals surface area contributed by atoms with Gasteiger partial charge in [-0.2, -0.15) is 0 Å². The molecule has 7 heteroatoms. The molecule has 1 aliphatic rings. The fourth-order valence-corrected chi connectivity index (χ4v) is 3.68. The van der Waals surface area contributed by atoms with Crippen molar-refractivity contribution in [2.24, 2.45) is 4.99 Å². The molecule has 3 N–H and O–H groups in total. The van der Waals surface area contributed by atoms with Crippen molar-refractivity contribution in [1.29, 1.82) is 0 Å². The molecule has 0 aromatic heterocycles. The van der Waals surface area contributed by atoms with Gasteiger partial charge in [-0.1, -0.05) is 31.2 Å². The number of nitrogens with one attached hydrogen (secondary N) is 3. The number of hydrogen-bond donors (Lipinski definition) is 3. The molecule has 2 atom stereocenters. The minimum atomic E-state index is -0.333. The second kappa shape index (κ2) is 12.1. The molecule has 0 spiro atoms. The number of amides is 1. The molecule has 32 heavy (non-hydrogen) atoms. The molecule has 7 nitrogen and oxygen atoms in total. The Balaban J connectivity index is 1.43. The highest BCUT2D eigenvalue weighted by Gasteiger charge is 2.23. The average molecular weight is 439 g/mol. The number of carbonyl (C=O) groups is 1. The average Bonchev–Trinajstić information content (AvgIpc) is 3.37. The van der Waals surface area contributed by atoms with Crippen LogP contribution in [0.15, 0.2) is 53.5 Å². The highest BCUT2D eigenvalue weighted by Crippen LogP contribution is 2.21. The van der Waals surface area contributed by atoms with Crippen LogP contribution in [0.1, 0.15) is 43.2 Å². The predicted molar refractivity (Wildman–Crippen MR) is 128 cm³/mol. The fourth-order valence-electron chi connectivity index (χ4n) is 3.68. The first-order chi connectivity index (χ1) is 15.6. The van der Waals surface area contributed by atoms with E-state index in [1.54, 1.807) is 14.2 Å². The lowest BCUT2D eigenvalue weighted by Gasteiger charge is -2.16. The van der Waals surface area contributed by atoms with Crippen molar-refractivity contribution in [3.8, 4) is 5.75 Å². The van der Waals surface area contributed by atoms with Crippen LogP contribution >= 0.6 is 0 Å². The number of benzene rings is 2. The minimum Gasteiger partial charge on any atom is -0.497 e. The van der Waals surface area contributed by atoms with Gasteiger partial charge in [0.15, 0.2) is 5.96 Å². The molecule has 1 amide bonds. The molecule has 1 aliphatic heterocycles. The molecule has 2 unspecified atom stereocenters. The van der Waals surface area contributed by atoms with Gasteiger partial charge in [-0.3, -0.25) is 9.79 Å². The standard InChI is InChI=1S/C25H34N4O3/c1-18(20-9-11-22(31-3)12-10-20)13-14-27-25(26-2)28-17-19-6-4-7-21(16-19)29-24(30)23-8-5-15-32-23/h4,6-7,9-12,16,18,23H,5,8,13-15,17H2,1-3H3,(H,29,30)(H2,26,27,28). The van der Waals surface area contributed by atoms with Crippen molar-refractivity contribution in [3.63, 3.8) is 0 Å². The Morgan fingerprint density at radius 1 is 1.22 bits per heavy atom. The molecular weight excluding hydrogens is 404 g/mol. The second-order valence-electron chi connectivity index (χ2n) is 8.01. The monoisotopic (exact) mass is 438 g/mol. The van der Waals surface area contributed by atoms with Crippen LogP contribution in [0.5, 0.6) is 5.75 Å². The van der Waals surface area contributed by atoms with E-state index in [9.17, 15) is 4.79 Å². The summed E-state index contributed by atoms with van der Waals surface area (Å²) in [4.78, 5) is 16.6. The predicted octanol–water partition coefficient (Wildman–Crippen LogP) is 3.67. The smallest absolute Gasteiger partial charge is 0.253 e. The van der Waals surface area contributed by atoms with Gasteiger partial charge in [0.05, 0.1) is 7.11 Å². The summed E-state index contributed by atoms with van der Waals surface area (Å²) in [6, 6.07) is 16.0. The fraction of sp³-hybridized carbons (Fsp3) is 0.440. The van der Waals surface area contributed by atoms with Gasteiger partial charge in [0, 0.05) is 32.4 Å². The quantitative estimate of drug-likeness (QED) is 0.411. The Hall–Kier alpha value is -3.06. The third-order valence-corrected chi connectivity index (χ3v) is 5.65. The highest BCUT2D eigenvalue weighted by molar-refractivity contribution is 5.94. The zero-order valence-electron chi connectivity index (χ0n) is 19.2. The summed E-state index contributed by atoms with van der Waals surface area (Å²) in [7, 11) is 3.44. The molecule has 0 bridgehead atoms. The molecule has 2 aromatic carbocycles. The summed E-state index contributed by atoms with van der Waals surface area (Å²) in [5, 5.41) is 9.66. The summed E-state index contributed by atoms with van der Waals surface area (Å²) in [6.45, 7) is 4.30. The van der Waals surface area contributed by atoms with E-state index >= 15 is 0 Å². The first-order valence-electron chi connectivity index (χ1n) is 11.2. The minimum absolute atomic E-state index is 0.0731. The van der Waals surface area contributed by atoms with Crippen molar-refractivity contribution in [3.05, 3.63) is 59.7 Å². The number of nitrogens with zero attached hydrogens (tertiary/aromatic N) is 1. The summed E-state index contributed by atoms with van der Waals surface area (Å²) in [5.41, 5.74) is 3.13. The van der Waals surface area contributed by atoms with E-state index in [4.69, 9.17) is 9.47 Å². The Kier molecular flexibility index (Phi) is 8.92. The van der Waals surface area contributed by atoms with Gasteiger partial charge in [0.2, 0.25) is 0 Å². The number of hydrogen-bond acceptors (Lipinski definition) is 4. The van der Waals surface area contributed by atoms with Crippen LogP contribution in [0.2, 0.25) is 0 Å². The van der Waals surface area contributed by atoms with Crippen LogP contribution in [-0.4, -0.2) is 45.3 Å². The van der Waals surface area contributed by atoms with Gasteiger partial charge >= 0.3 is 0 Å². The Morgan fingerprint density at radius 2 is 2.03 bits per heavy atom. The molecule has 1 saturated heterocycles. The molecule has 0 aliphatic carbocycles. The van der Waals surface area contributed by atoms with Crippen molar-refractivity contribution in [2.45, 2.75) is 44.8 Å². The van der Waals surface area contributed by atoms with Crippen LogP contribution < -0.4 is 20.7 Å². The summed E-state index contributed by atoms with van der Waals surface area (Å²) in [5.74, 6) is 1.98. The van der Waals surface area contributed by atoms with Crippen LogP contribution in [0.3, 0.4) is 0 Å². The normalized spacial score (nSPS) is 17.0. The van der Waals surface area contributed by atoms with Crippen LogP contribution in [0.25, 0.3) is 0 Å². The molecular formula is C25H34N4O3. The number of rotatable bonds is 9. The first kappa shape index (κ1) is 23.6. The highest BCUT2D eigenvalue weighted by atomic mass is 16.5. The van der Waals surface area contributed by atoms with E-state index in [1.807, 2.05) is 36.4 Å². The molecule has 2 aromatic rings. The zero-order valence-corrected chi connectivity index (χ0v) is 19.2. The lowest BCUT2D eigenvalue weighted by molar-refractivity contribution is -0.124. The number of guanidine groups is 1. The number of ether oxygens (including phenoxy) is 2. The second-order valence-corrected chi connectivity index (χ2v) is 8.01. The van der Waals surface area contributed by atoms with Crippen LogP contribution in [0.4, 0.5) is 5.69 Å². The number of aliphatic imine (C=N–C) groups is 1. The van der Waals surface area contributed by atoms with Gasteiger partial charge in [0.25, 0.3) is 5.91 Å². The molecule has 0 saturated carbocycles. The maximum absolute atomic E-state index is 12.3. The molecule has 3 rings (SSSR count). The van der Waals surface area contributed by atoms with Crippen LogP contribution in [-0.2, 0) is 16.1 Å². The van der Waals surface area contributed by atoms with Gasteiger partial charge in [-0.05, 0) is 60.6 Å². The Bertz CT molecular complexity index is 892. The zero-order chi connectivity index (χ0) is 22.8. The van der Waals surface area contributed by atoms with Crippen molar-refractivity contribution in [1.82, 2.24) is 10.6 Å². The van der Waals surface area contributed by atoms with Crippen LogP contribution in [0, 0.1) is 0 Å². The van der Waals surface area contributed by atoms with Crippen molar-refractivity contribution in [2.75, 3.05) is 32.6 Å². The van der Waals surface area contributed by atoms with Gasteiger partial charge in [-0.25, -0.2) is 0 Å². The Labute approximate surface area is 190 Å². The molecule has 1 fully saturated rings. The van der Waals surface area contributed by atoms with E-state index in [2.05, 4.69) is 40.0 Å². The third-order valence-electron chi connectivity index (χ3n) is 5.65. The molecule has 1 heterocycles. The summed E-state index contributed by atoms with van der Waals surface area (Å²) in [6.07, 6.45) is 2.37. The van der Waals surface area contributed by atoms with E-state index in [0.717, 1.165) is 48.8 Å². The lowest BCUT2D eigenvalue weighted by atomic mass is 9.98. The number of anilines is 1. The van der Waals surface area contributed by atoms with E-state index in [1.165, 1.54) is 5.56 Å². The number of carbonyl (C=O) groups excluding carboxylic acids is 1. The third kappa shape index (κ3) is 6.99. The first-order valence-corrected chi connectivity index (χ1v) is 11.2. The maximum Gasteiger partial charge on any atom is 0.253 e. The maximum atomic E-state index is 12.3. The van der Waals surface area contributed by atoms with Gasteiger partial charge in [-0.15, -0.1) is 0 Å². The van der Waals surface area contributed by atoms with Crippen molar-refractivity contribution < 1.29 is 14.3 Å². The van der Waals surface area contributed by atoms with E-state index in [0.29, 0.717) is 19.1 Å². The lowest BCUT2D eigenvalue weighted by Crippen LogP contribution is -2.37. The van der Waals surface area contributed by atoms with E-state index in [-0.39, 0.29) is 12.0 Å². The molecule has 0 radical (unpaired) electrons. The van der Waals surface area contributed by atoms with Gasteiger partial charge < -0.3 is 25.4 Å². The number of methoxy groups -OCH3 is 1. The SMILES string of the molecule is CN=C(NCCC(C)c1ccc(OC)cc1)NCc1cccc(NC(=O)C2CCCO2)c1. The van der Waals surface area contributed by atoms with E-state index < -0.39 is 0 Å². The topological polar surface area (TPSA) is 84.0 Å². The largest absolute Gasteiger partial charge is 0.497 e.